The highest BCUT2D eigenvalue weighted by Gasteiger charge is 2.28. The van der Waals surface area contributed by atoms with Gasteiger partial charge in [0.2, 0.25) is 0 Å². The van der Waals surface area contributed by atoms with Crippen molar-refractivity contribution in [3.05, 3.63) is 59.7 Å². The van der Waals surface area contributed by atoms with E-state index < -0.39 is 0 Å². The first-order valence-electron chi connectivity index (χ1n) is 7.90. The largest absolute Gasteiger partial charge is 0.457 e. The van der Waals surface area contributed by atoms with Gasteiger partial charge in [0.1, 0.15) is 11.5 Å². The minimum atomic E-state index is -0.230. The molecule has 0 spiro atoms. The molecule has 1 heterocycles. The summed E-state index contributed by atoms with van der Waals surface area (Å²) in [5, 5.41) is 4.91. The van der Waals surface area contributed by atoms with Crippen molar-refractivity contribution >= 4 is 6.03 Å². The number of carbonyl (C=O) groups is 1. The normalized spacial score (nSPS) is 13.0. The Morgan fingerprint density at radius 2 is 1.52 bits per heavy atom. The number of hydrogen-bond donors (Lipinski definition) is 2. The first-order valence-corrected chi connectivity index (χ1v) is 7.90. The van der Waals surface area contributed by atoms with Crippen molar-refractivity contribution < 1.29 is 9.53 Å². The van der Waals surface area contributed by atoms with Gasteiger partial charge in [-0.1, -0.05) is 50.2 Å². The van der Waals surface area contributed by atoms with Crippen molar-refractivity contribution in [3.8, 4) is 11.5 Å². The van der Waals surface area contributed by atoms with Gasteiger partial charge in [-0.15, -0.1) is 0 Å². The molecule has 1 aliphatic heterocycles. The lowest BCUT2D eigenvalue weighted by Gasteiger charge is -2.29. The Hall–Kier alpha value is -2.53. The number of carbonyl (C=O) groups excluding carboxylic acids is 1. The molecule has 3 rings (SSSR count). The predicted molar refractivity (Wildman–Crippen MR) is 89.4 cm³/mol. The Labute approximate surface area is 136 Å². The molecule has 0 saturated heterocycles. The molecule has 2 aromatic carbocycles. The zero-order valence-electron chi connectivity index (χ0n) is 13.4. The minimum absolute atomic E-state index is 0.217. The maximum absolute atomic E-state index is 12.4. The van der Waals surface area contributed by atoms with Crippen LogP contribution in [-0.2, 0) is 0 Å². The average Bonchev–Trinajstić information content (AvgIpc) is 2.59. The van der Waals surface area contributed by atoms with Gasteiger partial charge in [0.05, 0.1) is 6.04 Å². The lowest BCUT2D eigenvalue weighted by Crippen LogP contribution is -2.48. The Balaban J connectivity index is 1.88. The molecule has 5 heteroatoms. The van der Waals surface area contributed by atoms with Gasteiger partial charge in [0.25, 0.3) is 0 Å². The molecule has 0 bridgehead atoms. The third-order valence-electron chi connectivity index (χ3n) is 3.98. The van der Waals surface area contributed by atoms with Crippen LogP contribution in [0, 0.1) is 0 Å². The average molecular weight is 311 g/mol. The Morgan fingerprint density at radius 3 is 2.04 bits per heavy atom. The molecule has 23 heavy (non-hydrogen) atoms. The zero-order valence-corrected chi connectivity index (χ0v) is 13.4. The van der Waals surface area contributed by atoms with Crippen molar-refractivity contribution in [1.29, 1.82) is 0 Å². The molecule has 1 aliphatic rings. The summed E-state index contributed by atoms with van der Waals surface area (Å²) in [5.41, 5.74) is 4.79. The summed E-state index contributed by atoms with van der Waals surface area (Å²) < 4.78 is 5.93. The monoisotopic (exact) mass is 311 g/mol. The summed E-state index contributed by atoms with van der Waals surface area (Å²) in [6, 6.07) is 15.1. The number of nitrogens with one attached hydrogen (secondary N) is 2. The topological polar surface area (TPSA) is 53.6 Å². The highest BCUT2D eigenvalue weighted by Crippen LogP contribution is 2.42. The number of fused-ring (bicyclic) bond motifs is 2. The number of rotatable bonds is 4. The lowest BCUT2D eigenvalue weighted by atomic mass is 9.95. The number of para-hydroxylation sites is 2. The maximum atomic E-state index is 12.4. The third-order valence-corrected chi connectivity index (χ3v) is 3.98. The molecular formula is C18H21N3O2. The van der Waals surface area contributed by atoms with Crippen molar-refractivity contribution in [2.75, 3.05) is 13.1 Å². The molecule has 5 nitrogen and oxygen atoms in total. The van der Waals surface area contributed by atoms with Gasteiger partial charge in [-0.25, -0.2) is 9.80 Å². The predicted octanol–water partition coefficient (Wildman–Crippen LogP) is 3.44. The van der Waals surface area contributed by atoms with E-state index in [2.05, 4.69) is 10.7 Å². The van der Waals surface area contributed by atoms with Gasteiger partial charge < -0.3 is 10.1 Å². The summed E-state index contributed by atoms with van der Waals surface area (Å²) in [7, 11) is 0. The molecule has 0 unspecified atom stereocenters. The highest BCUT2D eigenvalue weighted by atomic mass is 16.5. The van der Waals surface area contributed by atoms with Crippen LogP contribution >= 0.6 is 0 Å². The zero-order chi connectivity index (χ0) is 16.2. The lowest BCUT2D eigenvalue weighted by molar-refractivity contribution is 0.184. The fraction of sp³-hybridized carbons (Fsp3) is 0.278. The van der Waals surface area contributed by atoms with E-state index in [9.17, 15) is 4.79 Å². The summed E-state index contributed by atoms with van der Waals surface area (Å²) in [6.45, 7) is 5.52. The number of benzene rings is 2. The Morgan fingerprint density at radius 1 is 1.00 bits per heavy atom. The number of urea groups is 1. The molecule has 0 aliphatic carbocycles. The SMILES string of the molecule is CCN(CC)NC(=O)NC1c2ccccc2Oc2ccccc21. The molecule has 0 fully saturated rings. The smallest absolute Gasteiger partial charge is 0.330 e. The van der Waals surface area contributed by atoms with Crippen molar-refractivity contribution in [2.45, 2.75) is 19.9 Å². The van der Waals surface area contributed by atoms with E-state index in [4.69, 9.17) is 4.74 Å². The molecular weight excluding hydrogens is 290 g/mol. The van der Waals surface area contributed by atoms with E-state index in [1.54, 1.807) is 0 Å². The first kappa shape index (κ1) is 15.4. The van der Waals surface area contributed by atoms with E-state index in [1.165, 1.54) is 0 Å². The van der Waals surface area contributed by atoms with Gasteiger partial charge in [-0.2, -0.15) is 0 Å². The second-order valence-electron chi connectivity index (χ2n) is 5.37. The van der Waals surface area contributed by atoms with Crippen LogP contribution in [0.1, 0.15) is 31.0 Å². The van der Waals surface area contributed by atoms with Crippen LogP contribution in [0.4, 0.5) is 4.79 Å². The molecule has 2 aromatic rings. The van der Waals surface area contributed by atoms with Crippen LogP contribution in [0.5, 0.6) is 11.5 Å². The third kappa shape index (κ3) is 3.14. The van der Waals surface area contributed by atoms with Gasteiger partial charge in [-0.05, 0) is 12.1 Å². The quantitative estimate of drug-likeness (QED) is 0.851. The molecule has 0 radical (unpaired) electrons. The van der Waals surface area contributed by atoms with Gasteiger partial charge in [-0.3, -0.25) is 5.43 Å². The van der Waals surface area contributed by atoms with E-state index in [1.807, 2.05) is 67.4 Å². The number of nitrogens with zero attached hydrogens (tertiary/aromatic N) is 1. The van der Waals surface area contributed by atoms with Crippen LogP contribution in [0.25, 0.3) is 0 Å². The number of amides is 2. The standard InChI is InChI=1S/C18H21N3O2/c1-3-21(4-2)20-18(22)19-17-13-9-5-7-11-15(13)23-16-12-8-6-10-14(16)17/h5-12,17H,3-4H2,1-2H3,(H2,19,20,22). The van der Waals surface area contributed by atoms with E-state index >= 15 is 0 Å². The van der Waals surface area contributed by atoms with E-state index in [-0.39, 0.29) is 12.1 Å². The number of ether oxygens (including phenoxy) is 1. The summed E-state index contributed by atoms with van der Waals surface area (Å²) in [4.78, 5) is 12.4. The second-order valence-corrected chi connectivity index (χ2v) is 5.37. The van der Waals surface area contributed by atoms with Crippen molar-refractivity contribution in [1.82, 2.24) is 15.8 Å². The van der Waals surface area contributed by atoms with Gasteiger partial charge in [0.15, 0.2) is 0 Å². The number of hydrogen-bond acceptors (Lipinski definition) is 3. The van der Waals surface area contributed by atoms with Crippen LogP contribution in [0.3, 0.4) is 0 Å². The van der Waals surface area contributed by atoms with Crippen LogP contribution in [-0.4, -0.2) is 24.1 Å². The number of hydrazine groups is 1. The molecule has 2 amide bonds. The molecule has 2 N–H and O–H groups in total. The van der Waals surface area contributed by atoms with Gasteiger partial charge >= 0.3 is 6.03 Å². The van der Waals surface area contributed by atoms with Gasteiger partial charge in [0, 0.05) is 24.2 Å². The van der Waals surface area contributed by atoms with Crippen molar-refractivity contribution in [2.24, 2.45) is 0 Å². The van der Waals surface area contributed by atoms with Crippen LogP contribution in [0.15, 0.2) is 48.5 Å². The summed E-state index contributed by atoms with van der Waals surface area (Å²) in [6.07, 6.45) is 0. The minimum Gasteiger partial charge on any atom is -0.457 e. The fourth-order valence-corrected chi connectivity index (χ4v) is 2.75. The van der Waals surface area contributed by atoms with Crippen LogP contribution in [0.2, 0.25) is 0 Å². The molecule has 0 aromatic heterocycles. The van der Waals surface area contributed by atoms with E-state index in [0.29, 0.717) is 0 Å². The molecule has 0 atom stereocenters. The fourth-order valence-electron chi connectivity index (χ4n) is 2.75. The maximum Gasteiger partial charge on any atom is 0.330 e. The molecule has 0 saturated carbocycles. The molecule has 120 valence electrons. The summed E-state index contributed by atoms with van der Waals surface area (Å²) in [5.74, 6) is 1.55. The van der Waals surface area contributed by atoms with Crippen molar-refractivity contribution in [3.63, 3.8) is 0 Å². The highest BCUT2D eigenvalue weighted by molar-refractivity contribution is 5.75. The second kappa shape index (κ2) is 6.71. The Kier molecular flexibility index (Phi) is 4.48. The van der Waals surface area contributed by atoms with Crippen LogP contribution < -0.4 is 15.5 Å². The Bertz CT molecular complexity index is 653. The summed E-state index contributed by atoms with van der Waals surface area (Å²) >= 11 is 0. The van der Waals surface area contributed by atoms with E-state index in [0.717, 1.165) is 35.7 Å². The first-order chi connectivity index (χ1) is 11.2.